The van der Waals surface area contributed by atoms with E-state index in [2.05, 4.69) is 13.8 Å². The normalized spacial score (nSPS) is 27.5. The third kappa shape index (κ3) is 6.47. The highest BCUT2D eigenvalue weighted by atomic mass is 16.7. The van der Waals surface area contributed by atoms with E-state index in [1.807, 2.05) is 36.4 Å². The number of hydrogen-bond acceptors (Lipinski definition) is 7. The van der Waals surface area contributed by atoms with Crippen LogP contribution in [0.3, 0.4) is 0 Å². The third-order valence-electron chi connectivity index (χ3n) is 6.77. The molecule has 0 spiro atoms. The molecule has 1 heterocycles. The summed E-state index contributed by atoms with van der Waals surface area (Å²) in [5.74, 6) is 2.35. The van der Waals surface area contributed by atoms with Gasteiger partial charge in [0.25, 0.3) is 0 Å². The van der Waals surface area contributed by atoms with Crippen molar-refractivity contribution in [1.82, 2.24) is 0 Å². The molecule has 0 unspecified atom stereocenters. The average Bonchev–Trinajstić information content (AvgIpc) is 2.88. The molecule has 2 aliphatic rings. The van der Waals surface area contributed by atoms with Crippen LogP contribution in [0.15, 0.2) is 48.5 Å². The second-order valence-corrected chi connectivity index (χ2v) is 9.70. The van der Waals surface area contributed by atoms with Gasteiger partial charge in [-0.15, -0.1) is 0 Å². The van der Waals surface area contributed by atoms with Gasteiger partial charge < -0.3 is 33.9 Å². The molecule has 2 aromatic rings. The fraction of sp³-hybridized carbons (Fsp3) is 0.571. The number of rotatable bonds is 9. The van der Waals surface area contributed by atoms with Crippen LogP contribution in [0.2, 0.25) is 0 Å². The van der Waals surface area contributed by atoms with E-state index in [0.717, 1.165) is 29.9 Å². The lowest BCUT2D eigenvalue weighted by Crippen LogP contribution is -2.61. The van der Waals surface area contributed by atoms with E-state index in [-0.39, 0.29) is 18.6 Å². The predicted octanol–water partition coefficient (Wildman–Crippen LogP) is 4.44. The van der Waals surface area contributed by atoms with Crippen molar-refractivity contribution in [1.29, 1.82) is 0 Å². The second kappa shape index (κ2) is 12.1. The lowest BCUT2D eigenvalue weighted by Gasteiger charge is -2.41. The highest BCUT2D eigenvalue weighted by Gasteiger charge is 2.46. The average molecular weight is 487 g/mol. The van der Waals surface area contributed by atoms with Crippen LogP contribution < -0.4 is 14.2 Å². The highest BCUT2D eigenvalue weighted by Crippen LogP contribution is 2.30. The molecule has 2 fully saturated rings. The van der Waals surface area contributed by atoms with Crippen LogP contribution in [0, 0.1) is 0 Å². The van der Waals surface area contributed by atoms with Crippen molar-refractivity contribution in [2.24, 2.45) is 0 Å². The molecule has 1 aliphatic heterocycles. The molecule has 4 rings (SSSR count). The minimum Gasteiger partial charge on any atom is -0.490 e. The first-order valence-corrected chi connectivity index (χ1v) is 12.7. The van der Waals surface area contributed by atoms with Gasteiger partial charge in [-0.2, -0.15) is 0 Å². The summed E-state index contributed by atoms with van der Waals surface area (Å²) in [6.45, 7) is 4.26. The van der Waals surface area contributed by atoms with E-state index in [4.69, 9.17) is 23.7 Å². The SMILES string of the molecule is CO[C@H]1O[C@H](COc2ccccc2C(C)C)[C@@H](O)[C@H](O)[C@H]1Oc1ccc(OC2CCCCC2)cc1. The maximum absolute atomic E-state index is 10.9. The van der Waals surface area contributed by atoms with Gasteiger partial charge in [0, 0.05) is 7.11 Å². The zero-order valence-electron chi connectivity index (χ0n) is 20.8. The van der Waals surface area contributed by atoms with E-state index in [1.54, 1.807) is 12.1 Å². The third-order valence-corrected chi connectivity index (χ3v) is 6.77. The van der Waals surface area contributed by atoms with Gasteiger partial charge in [0.1, 0.15) is 42.2 Å². The molecule has 1 saturated heterocycles. The Labute approximate surface area is 207 Å². The van der Waals surface area contributed by atoms with Crippen molar-refractivity contribution < 1.29 is 33.9 Å². The largest absolute Gasteiger partial charge is 0.490 e. The van der Waals surface area contributed by atoms with Crippen LogP contribution in [0.4, 0.5) is 0 Å². The molecule has 0 radical (unpaired) electrons. The summed E-state index contributed by atoms with van der Waals surface area (Å²) in [4.78, 5) is 0. The zero-order chi connectivity index (χ0) is 24.8. The summed E-state index contributed by atoms with van der Waals surface area (Å²) in [6.07, 6.45) is 1.17. The summed E-state index contributed by atoms with van der Waals surface area (Å²) in [5, 5.41) is 21.6. The summed E-state index contributed by atoms with van der Waals surface area (Å²) in [6, 6.07) is 15.1. The number of aliphatic hydroxyl groups excluding tert-OH is 2. The minimum absolute atomic E-state index is 0.0712. The smallest absolute Gasteiger partial charge is 0.197 e. The van der Waals surface area contributed by atoms with Crippen molar-refractivity contribution in [2.75, 3.05) is 13.7 Å². The lowest BCUT2D eigenvalue weighted by molar-refractivity contribution is -0.287. The van der Waals surface area contributed by atoms with Gasteiger partial charge in [-0.25, -0.2) is 0 Å². The number of aliphatic hydroxyl groups is 2. The van der Waals surface area contributed by atoms with Crippen molar-refractivity contribution in [3.8, 4) is 17.2 Å². The minimum atomic E-state index is -1.22. The predicted molar refractivity (Wildman–Crippen MR) is 132 cm³/mol. The van der Waals surface area contributed by atoms with Crippen LogP contribution in [0.5, 0.6) is 17.2 Å². The summed E-state index contributed by atoms with van der Waals surface area (Å²) >= 11 is 0. The molecular formula is C28H38O7. The van der Waals surface area contributed by atoms with Crippen molar-refractivity contribution >= 4 is 0 Å². The molecule has 0 bridgehead atoms. The Balaban J connectivity index is 1.36. The second-order valence-electron chi connectivity index (χ2n) is 9.70. The van der Waals surface area contributed by atoms with E-state index in [0.29, 0.717) is 5.75 Å². The molecule has 7 heteroatoms. The van der Waals surface area contributed by atoms with Crippen LogP contribution in [0.1, 0.15) is 57.4 Å². The monoisotopic (exact) mass is 486 g/mol. The zero-order valence-corrected chi connectivity index (χ0v) is 20.8. The van der Waals surface area contributed by atoms with Gasteiger partial charge in [-0.05, 0) is 67.5 Å². The summed E-state index contributed by atoms with van der Waals surface area (Å²) in [7, 11) is 1.48. The fourth-order valence-electron chi connectivity index (χ4n) is 4.75. The number of benzene rings is 2. The molecule has 2 N–H and O–H groups in total. The van der Waals surface area contributed by atoms with Gasteiger partial charge in [-0.1, -0.05) is 38.5 Å². The van der Waals surface area contributed by atoms with E-state index in [9.17, 15) is 10.2 Å². The van der Waals surface area contributed by atoms with Crippen LogP contribution >= 0.6 is 0 Å². The maximum Gasteiger partial charge on any atom is 0.197 e. The Morgan fingerprint density at radius 1 is 0.886 bits per heavy atom. The Morgan fingerprint density at radius 3 is 2.20 bits per heavy atom. The molecule has 0 aromatic heterocycles. The van der Waals surface area contributed by atoms with E-state index < -0.39 is 30.7 Å². The number of methoxy groups -OCH3 is 1. The first kappa shape index (κ1) is 25.8. The molecule has 0 amide bonds. The molecule has 5 atom stereocenters. The fourth-order valence-corrected chi connectivity index (χ4v) is 4.75. The summed E-state index contributed by atoms with van der Waals surface area (Å²) in [5.41, 5.74) is 1.07. The van der Waals surface area contributed by atoms with Gasteiger partial charge in [0.05, 0.1) is 6.10 Å². The van der Waals surface area contributed by atoms with Gasteiger partial charge in [0.15, 0.2) is 12.4 Å². The molecule has 7 nitrogen and oxygen atoms in total. The first-order valence-electron chi connectivity index (χ1n) is 12.7. The van der Waals surface area contributed by atoms with Gasteiger partial charge in [-0.3, -0.25) is 0 Å². The van der Waals surface area contributed by atoms with Crippen molar-refractivity contribution in [2.45, 2.75) is 88.7 Å². The van der Waals surface area contributed by atoms with Crippen LogP contribution in [0.25, 0.3) is 0 Å². The maximum atomic E-state index is 10.9. The number of hydrogen-bond donors (Lipinski definition) is 2. The van der Waals surface area contributed by atoms with Gasteiger partial charge in [0.2, 0.25) is 0 Å². The molecular weight excluding hydrogens is 448 g/mol. The molecule has 1 aliphatic carbocycles. The Kier molecular flexibility index (Phi) is 8.89. The van der Waals surface area contributed by atoms with Crippen LogP contribution in [-0.4, -0.2) is 60.7 Å². The Morgan fingerprint density at radius 2 is 1.54 bits per heavy atom. The standard InChI is InChI=1S/C28H38O7/c1-18(2)22-11-7-8-12-23(22)32-17-24-25(29)26(30)27(28(31-3)35-24)34-21-15-13-20(14-16-21)33-19-9-5-4-6-10-19/h7-8,11-16,18-19,24-30H,4-6,9-10,17H2,1-3H3/t24-,25-,26+,27-,28+/m1/s1. The quantitative estimate of drug-likeness (QED) is 0.542. The summed E-state index contributed by atoms with van der Waals surface area (Å²) < 4.78 is 29.4. The van der Waals surface area contributed by atoms with Crippen molar-refractivity contribution in [3.63, 3.8) is 0 Å². The number of ether oxygens (including phenoxy) is 5. The number of para-hydroxylation sites is 1. The topological polar surface area (TPSA) is 86.6 Å². The lowest BCUT2D eigenvalue weighted by atomic mass is 9.98. The molecule has 1 saturated carbocycles. The van der Waals surface area contributed by atoms with Gasteiger partial charge >= 0.3 is 0 Å². The Hall–Kier alpha value is -2.32. The van der Waals surface area contributed by atoms with E-state index >= 15 is 0 Å². The Bertz CT molecular complexity index is 908. The first-order chi connectivity index (χ1) is 17.0. The van der Waals surface area contributed by atoms with E-state index in [1.165, 1.54) is 26.4 Å². The highest BCUT2D eigenvalue weighted by molar-refractivity contribution is 5.35. The van der Waals surface area contributed by atoms with Crippen LogP contribution in [-0.2, 0) is 9.47 Å². The molecule has 192 valence electrons. The molecule has 2 aromatic carbocycles. The van der Waals surface area contributed by atoms with Crippen molar-refractivity contribution in [3.05, 3.63) is 54.1 Å². The molecule has 35 heavy (non-hydrogen) atoms.